The van der Waals surface area contributed by atoms with Crippen LogP contribution < -0.4 is 5.32 Å². The van der Waals surface area contributed by atoms with Gasteiger partial charge in [0.05, 0.1) is 28.1 Å². The van der Waals surface area contributed by atoms with Crippen molar-refractivity contribution in [1.29, 1.82) is 0 Å². The van der Waals surface area contributed by atoms with E-state index in [0.29, 0.717) is 15.9 Å². The highest BCUT2D eigenvalue weighted by Crippen LogP contribution is 2.21. The summed E-state index contributed by atoms with van der Waals surface area (Å²) in [6.45, 7) is 3.99. The van der Waals surface area contributed by atoms with Crippen molar-refractivity contribution in [3.05, 3.63) is 28.1 Å². The maximum atomic E-state index is 12.0. The molecule has 2 heterocycles. The third-order valence-electron chi connectivity index (χ3n) is 2.32. The number of aromatic nitrogens is 4. The van der Waals surface area contributed by atoms with Gasteiger partial charge in [0.2, 0.25) is 0 Å². The highest BCUT2D eigenvalue weighted by Gasteiger charge is 2.17. The second kappa shape index (κ2) is 4.70. The van der Waals surface area contributed by atoms with Crippen molar-refractivity contribution in [3.63, 3.8) is 0 Å². The van der Waals surface area contributed by atoms with Crippen LogP contribution in [0.4, 0.5) is 5.82 Å². The summed E-state index contributed by atoms with van der Waals surface area (Å²) < 4.78 is 0.709. The first-order valence-corrected chi connectivity index (χ1v) is 5.92. The Morgan fingerprint density at radius 2 is 2.06 bits per heavy atom. The maximum absolute atomic E-state index is 12.0. The zero-order valence-electron chi connectivity index (χ0n) is 9.41. The Labute approximate surface area is 106 Å². The van der Waals surface area contributed by atoms with Gasteiger partial charge in [0.1, 0.15) is 5.82 Å². The highest BCUT2D eigenvalue weighted by molar-refractivity contribution is 9.10. The topological polar surface area (TPSA) is 86.5 Å². The third-order valence-corrected chi connectivity index (χ3v) is 2.92. The molecule has 1 amide bonds. The highest BCUT2D eigenvalue weighted by atomic mass is 79.9. The fourth-order valence-corrected chi connectivity index (χ4v) is 1.75. The smallest absolute Gasteiger partial charge is 0.260 e. The predicted octanol–water partition coefficient (Wildman–Crippen LogP) is 2.27. The number of aromatic amines is 2. The molecule has 0 bridgehead atoms. The van der Waals surface area contributed by atoms with Crippen molar-refractivity contribution in [2.75, 3.05) is 5.32 Å². The Kier molecular flexibility index (Phi) is 3.28. The summed E-state index contributed by atoms with van der Waals surface area (Å²) in [5, 5.41) is 15.9. The minimum Gasteiger partial charge on any atom is -0.306 e. The van der Waals surface area contributed by atoms with Crippen molar-refractivity contribution in [2.24, 2.45) is 0 Å². The van der Waals surface area contributed by atoms with E-state index in [4.69, 9.17) is 0 Å². The average molecular weight is 298 g/mol. The van der Waals surface area contributed by atoms with Crippen LogP contribution in [-0.4, -0.2) is 26.3 Å². The maximum Gasteiger partial charge on any atom is 0.260 e. The number of halogens is 1. The van der Waals surface area contributed by atoms with Crippen LogP contribution in [0.5, 0.6) is 0 Å². The standard InChI is InChI=1S/C10H12BrN5O/c1-5(2)8-6(3-12-15-8)10(17)14-9-7(11)4-13-16-9/h3-5H,1-2H3,(H,12,15)(H2,13,14,16,17). The van der Waals surface area contributed by atoms with E-state index in [-0.39, 0.29) is 11.8 Å². The number of carbonyl (C=O) groups excluding carboxylic acids is 1. The Morgan fingerprint density at radius 3 is 2.65 bits per heavy atom. The fraction of sp³-hybridized carbons (Fsp3) is 0.300. The lowest BCUT2D eigenvalue weighted by Crippen LogP contribution is -2.14. The van der Waals surface area contributed by atoms with E-state index in [9.17, 15) is 4.79 Å². The quantitative estimate of drug-likeness (QED) is 0.812. The minimum atomic E-state index is -0.215. The van der Waals surface area contributed by atoms with E-state index in [2.05, 4.69) is 41.6 Å². The Morgan fingerprint density at radius 1 is 1.35 bits per heavy atom. The molecule has 0 fully saturated rings. The molecule has 17 heavy (non-hydrogen) atoms. The molecule has 2 aromatic heterocycles. The lowest BCUT2D eigenvalue weighted by molar-refractivity contribution is 0.102. The number of rotatable bonds is 3. The fourth-order valence-electron chi connectivity index (χ4n) is 1.46. The number of hydrogen-bond donors (Lipinski definition) is 3. The predicted molar refractivity (Wildman–Crippen MR) is 66.9 cm³/mol. The summed E-state index contributed by atoms with van der Waals surface area (Å²) >= 11 is 3.27. The summed E-state index contributed by atoms with van der Waals surface area (Å²) in [6, 6.07) is 0. The van der Waals surface area contributed by atoms with Gasteiger partial charge in [-0.25, -0.2) is 0 Å². The van der Waals surface area contributed by atoms with Crippen LogP contribution in [0.3, 0.4) is 0 Å². The summed E-state index contributed by atoms with van der Waals surface area (Å²) in [7, 11) is 0. The summed E-state index contributed by atoms with van der Waals surface area (Å²) in [6.07, 6.45) is 3.10. The molecule has 2 rings (SSSR count). The van der Waals surface area contributed by atoms with E-state index >= 15 is 0 Å². The molecule has 7 heteroatoms. The van der Waals surface area contributed by atoms with Gasteiger partial charge in [0, 0.05) is 0 Å². The van der Waals surface area contributed by atoms with Crippen molar-refractivity contribution in [2.45, 2.75) is 19.8 Å². The van der Waals surface area contributed by atoms with Crippen LogP contribution in [0.15, 0.2) is 16.9 Å². The molecule has 3 N–H and O–H groups in total. The van der Waals surface area contributed by atoms with Gasteiger partial charge in [-0.3, -0.25) is 15.0 Å². The number of amides is 1. The van der Waals surface area contributed by atoms with Crippen LogP contribution in [-0.2, 0) is 0 Å². The molecule has 0 saturated carbocycles. The lowest BCUT2D eigenvalue weighted by atomic mass is 10.1. The lowest BCUT2D eigenvalue weighted by Gasteiger charge is -2.06. The van der Waals surface area contributed by atoms with Gasteiger partial charge in [0.25, 0.3) is 5.91 Å². The van der Waals surface area contributed by atoms with Gasteiger partial charge in [-0.15, -0.1) is 0 Å². The molecule has 90 valence electrons. The van der Waals surface area contributed by atoms with Gasteiger partial charge < -0.3 is 5.32 Å². The molecular formula is C10H12BrN5O. The van der Waals surface area contributed by atoms with Crippen LogP contribution in [0.2, 0.25) is 0 Å². The second-order valence-corrected chi connectivity index (χ2v) is 4.75. The van der Waals surface area contributed by atoms with Crippen molar-refractivity contribution in [1.82, 2.24) is 20.4 Å². The first-order valence-electron chi connectivity index (χ1n) is 5.13. The molecular weight excluding hydrogens is 286 g/mol. The van der Waals surface area contributed by atoms with E-state index < -0.39 is 0 Å². The summed E-state index contributed by atoms with van der Waals surface area (Å²) in [5.41, 5.74) is 1.36. The van der Waals surface area contributed by atoms with Crippen LogP contribution >= 0.6 is 15.9 Å². The zero-order valence-corrected chi connectivity index (χ0v) is 11.0. The van der Waals surface area contributed by atoms with E-state index in [1.807, 2.05) is 13.8 Å². The summed E-state index contributed by atoms with van der Waals surface area (Å²) in [4.78, 5) is 12.0. The first-order chi connectivity index (χ1) is 8.09. The van der Waals surface area contributed by atoms with Gasteiger partial charge >= 0.3 is 0 Å². The molecule has 0 aliphatic carbocycles. The zero-order chi connectivity index (χ0) is 12.4. The molecule has 0 spiro atoms. The van der Waals surface area contributed by atoms with Gasteiger partial charge in [-0.1, -0.05) is 13.8 Å². The molecule has 2 aromatic rings. The van der Waals surface area contributed by atoms with Gasteiger partial charge in [0.15, 0.2) is 0 Å². The van der Waals surface area contributed by atoms with Crippen LogP contribution in [0.1, 0.15) is 35.8 Å². The third kappa shape index (κ3) is 2.38. The number of nitrogens with one attached hydrogen (secondary N) is 3. The number of hydrogen-bond acceptors (Lipinski definition) is 3. The van der Waals surface area contributed by atoms with Crippen LogP contribution in [0, 0.1) is 0 Å². The molecule has 0 saturated heterocycles. The van der Waals surface area contributed by atoms with Crippen molar-refractivity contribution < 1.29 is 4.79 Å². The van der Waals surface area contributed by atoms with Crippen LogP contribution in [0.25, 0.3) is 0 Å². The Bertz CT molecular complexity index is 530. The molecule has 0 aliphatic rings. The molecule has 0 radical (unpaired) electrons. The number of nitrogens with zero attached hydrogens (tertiary/aromatic N) is 2. The molecule has 6 nitrogen and oxygen atoms in total. The van der Waals surface area contributed by atoms with E-state index in [0.717, 1.165) is 5.69 Å². The SMILES string of the molecule is CC(C)c1[nH]ncc1C(=O)Nc1[nH]ncc1Br. The first kappa shape index (κ1) is 11.8. The molecule has 0 aromatic carbocycles. The van der Waals surface area contributed by atoms with Crippen molar-refractivity contribution in [3.8, 4) is 0 Å². The van der Waals surface area contributed by atoms with Gasteiger partial charge in [-0.05, 0) is 21.8 Å². The number of carbonyl (C=O) groups is 1. The minimum absolute atomic E-state index is 0.212. The van der Waals surface area contributed by atoms with E-state index in [1.54, 1.807) is 6.20 Å². The number of H-pyrrole nitrogens is 2. The number of anilines is 1. The van der Waals surface area contributed by atoms with Gasteiger partial charge in [-0.2, -0.15) is 10.2 Å². The monoisotopic (exact) mass is 297 g/mol. The summed E-state index contributed by atoms with van der Waals surface area (Å²) in [5.74, 6) is 0.529. The Hall–Kier alpha value is -1.63. The molecule has 0 atom stereocenters. The average Bonchev–Trinajstić information content (AvgIpc) is 2.87. The molecule has 0 aliphatic heterocycles. The molecule has 0 unspecified atom stereocenters. The second-order valence-electron chi connectivity index (χ2n) is 3.90. The normalized spacial score (nSPS) is 10.8. The van der Waals surface area contributed by atoms with Crippen molar-refractivity contribution >= 4 is 27.7 Å². The largest absolute Gasteiger partial charge is 0.306 e. The van der Waals surface area contributed by atoms with E-state index in [1.165, 1.54) is 6.20 Å². The Balaban J connectivity index is 2.21.